The molecule has 2 nitrogen and oxygen atoms in total. The summed E-state index contributed by atoms with van der Waals surface area (Å²) in [5.41, 5.74) is 12.1. The van der Waals surface area contributed by atoms with Gasteiger partial charge < -0.3 is 9.32 Å². The Morgan fingerprint density at radius 1 is 0.258 bits per heavy atom. The van der Waals surface area contributed by atoms with Crippen molar-refractivity contribution in [1.29, 1.82) is 0 Å². The van der Waals surface area contributed by atoms with Crippen molar-refractivity contribution in [2.24, 2.45) is 0 Å². The fourth-order valence-electron chi connectivity index (χ4n) is 9.37. The lowest BCUT2D eigenvalue weighted by molar-refractivity contribution is 0.632. The van der Waals surface area contributed by atoms with Gasteiger partial charge in [-0.25, -0.2) is 0 Å². The van der Waals surface area contributed by atoms with Gasteiger partial charge in [-0.2, -0.15) is 0 Å². The summed E-state index contributed by atoms with van der Waals surface area (Å²) in [4.78, 5) is 2.37. The number of anilines is 3. The standard InChI is InChI=1S/C60H39NO/c1-2-13-44(14-3-1)59-57-19-8-9-20-58(57)62-60(59)49-16-10-15-45(38-49)40-25-30-50(31-26-40)61(52-34-36-56-48(39-52)24-22-43-12-5-7-18-54(43)56)51-32-27-41(28-33-51)46-29-35-55-47(37-46)23-21-42-11-4-6-17-53(42)55/h1-39H. The molecule has 0 aliphatic heterocycles. The molecule has 0 radical (unpaired) electrons. The van der Waals surface area contributed by atoms with Crippen molar-refractivity contribution < 1.29 is 4.42 Å². The summed E-state index contributed by atoms with van der Waals surface area (Å²) in [5.74, 6) is 0.881. The Morgan fingerprint density at radius 2 is 0.726 bits per heavy atom. The van der Waals surface area contributed by atoms with Gasteiger partial charge in [0, 0.05) is 33.6 Å². The minimum Gasteiger partial charge on any atom is -0.455 e. The van der Waals surface area contributed by atoms with E-state index in [4.69, 9.17) is 4.42 Å². The molecule has 0 spiro atoms. The fraction of sp³-hybridized carbons (Fsp3) is 0. The summed E-state index contributed by atoms with van der Waals surface area (Å²) in [6.45, 7) is 0. The quantitative estimate of drug-likeness (QED) is 0.150. The second-order valence-corrected chi connectivity index (χ2v) is 16.1. The van der Waals surface area contributed by atoms with Crippen LogP contribution in [0.2, 0.25) is 0 Å². The zero-order valence-corrected chi connectivity index (χ0v) is 33.9. The van der Waals surface area contributed by atoms with Crippen LogP contribution in [-0.2, 0) is 0 Å². The molecule has 2 heteroatoms. The molecule has 0 atom stereocenters. The van der Waals surface area contributed by atoms with Crippen LogP contribution in [0.4, 0.5) is 17.1 Å². The van der Waals surface area contributed by atoms with Gasteiger partial charge in [0.05, 0.1) is 0 Å². The number of rotatable bonds is 7. The van der Waals surface area contributed by atoms with Crippen LogP contribution in [0, 0.1) is 0 Å². The average Bonchev–Trinajstić information content (AvgIpc) is 3.74. The molecule has 0 fully saturated rings. The lowest BCUT2D eigenvalue weighted by Gasteiger charge is -2.26. The summed E-state index contributed by atoms with van der Waals surface area (Å²) in [5, 5.41) is 11.2. The summed E-state index contributed by atoms with van der Waals surface area (Å²) in [6.07, 6.45) is 0. The third kappa shape index (κ3) is 6.20. The van der Waals surface area contributed by atoms with Gasteiger partial charge in [0.2, 0.25) is 0 Å². The van der Waals surface area contributed by atoms with Crippen LogP contribution in [0.1, 0.15) is 0 Å². The van der Waals surface area contributed by atoms with Gasteiger partial charge in [-0.3, -0.25) is 0 Å². The van der Waals surface area contributed by atoms with Crippen LogP contribution in [0.15, 0.2) is 241 Å². The van der Waals surface area contributed by atoms with E-state index in [9.17, 15) is 0 Å². The molecule has 0 bridgehead atoms. The van der Waals surface area contributed by atoms with Gasteiger partial charge in [0.1, 0.15) is 11.3 Å². The van der Waals surface area contributed by atoms with Crippen LogP contribution in [0.3, 0.4) is 0 Å². The molecule has 0 saturated heterocycles. The van der Waals surface area contributed by atoms with E-state index < -0.39 is 0 Å². The average molecular weight is 790 g/mol. The first-order valence-corrected chi connectivity index (χ1v) is 21.2. The topological polar surface area (TPSA) is 16.4 Å². The highest BCUT2D eigenvalue weighted by Gasteiger charge is 2.19. The van der Waals surface area contributed by atoms with Crippen molar-refractivity contribution in [1.82, 2.24) is 0 Å². The third-order valence-electron chi connectivity index (χ3n) is 12.4. The SMILES string of the molecule is c1ccc(-c2c(-c3cccc(-c4ccc(N(c5ccc(-c6ccc7c(ccc8ccccc87)c6)cc5)c5ccc6c(ccc7ccccc76)c5)cc4)c3)oc3ccccc23)cc1. The molecule has 12 aromatic rings. The van der Waals surface area contributed by atoms with Crippen molar-refractivity contribution in [2.45, 2.75) is 0 Å². The lowest BCUT2D eigenvalue weighted by Crippen LogP contribution is -2.09. The molecular formula is C60H39NO. The van der Waals surface area contributed by atoms with E-state index in [1.165, 1.54) is 54.2 Å². The molecule has 0 saturated carbocycles. The van der Waals surface area contributed by atoms with Gasteiger partial charge in [-0.1, -0.05) is 182 Å². The lowest BCUT2D eigenvalue weighted by atomic mass is 9.96. The largest absolute Gasteiger partial charge is 0.455 e. The minimum absolute atomic E-state index is 0.881. The maximum Gasteiger partial charge on any atom is 0.143 e. The van der Waals surface area contributed by atoms with Crippen molar-refractivity contribution in [3.63, 3.8) is 0 Å². The van der Waals surface area contributed by atoms with Crippen LogP contribution in [0.5, 0.6) is 0 Å². The van der Waals surface area contributed by atoms with E-state index in [1.54, 1.807) is 0 Å². The first-order chi connectivity index (χ1) is 30.7. The summed E-state index contributed by atoms with van der Waals surface area (Å²) in [6, 6.07) is 85.4. The Balaban J connectivity index is 0.928. The molecule has 0 aliphatic carbocycles. The van der Waals surface area contributed by atoms with Crippen molar-refractivity contribution >= 4 is 71.1 Å². The van der Waals surface area contributed by atoms with E-state index >= 15 is 0 Å². The highest BCUT2D eigenvalue weighted by molar-refractivity contribution is 6.10. The predicted molar refractivity (Wildman–Crippen MR) is 263 cm³/mol. The molecule has 12 rings (SSSR count). The van der Waals surface area contributed by atoms with Crippen LogP contribution < -0.4 is 4.90 Å². The molecule has 0 aliphatic rings. The smallest absolute Gasteiger partial charge is 0.143 e. The second kappa shape index (κ2) is 14.8. The first-order valence-electron chi connectivity index (χ1n) is 21.2. The zero-order valence-electron chi connectivity index (χ0n) is 33.9. The third-order valence-corrected chi connectivity index (χ3v) is 12.4. The number of nitrogens with zero attached hydrogens (tertiary/aromatic N) is 1. The van der Waals surface area contributed by atoms with Gasteiger partial charge in [0.15, 0.2) is 0 Å². The molecule has 0 amide bonds. The molecule has 11 aromatic carbocycles. The second-order valence-electron chi connectivity index (χ2n) is 16.1. The van der Waals surface area contributed by atoms with Gasteiger partial charge in [0.25, 0.3) is 0 Å². The molecule has 0 N–H and O–H groups in total. The predicted octanol–water partition coefficient (Wildman–Crippen LogP) is 17.2. The van der Waals surface area contributed by atoms with E-state index in [1.807, 2.05) is 6.07 Å². The van der Waals surface area contributed by atoms with Crippen molar-refractivity contribution in [2.75, 3.05) is 4.90 Å². The van der Waals surface area contributed by atoms with Crippen molar-refractivity contribution in [3.8, 4) is 44.7 Å². The zero-order chi connectivity index (χ0) is 41.0. The van der Waals surface area contributed by atoms with Crippen LogP contribution >= 0.6 is 0 Å². The highest BCUT2D eigenvalue weighted by Crippen LogP contribution is 2.43. The maximum absolute atomic E-state index is 6.60. The van der Waals surface area contributed by atoms with Gasteiger partial charge in [-0.05, 0) is 126 Å². The highest BCUT2D eigenvalue weighted by atomic mass is 16.3. The van der Waals surface area contributed by atoms with Crippen LogP contribution in [-0.4, -0.2) is 0 Å². The normalized spacial score (nSPS) is 11.5. The Kier molecular flexibility index (Phi) is 8.53. The van der Waals surface area contributed by atoms with Crippen LogP contribution in [0.25, 0.3) is 98.8 Å². The number of fused-ring (bicyclic) bond motifs is 7. The summed E-state index contributed by atoms with van der Waals surface area (Å²) < 4.78 is 6.60. The summed E-state index contributed by atoms with van der Waals surface area (Å²) >= 11 is 0. The number of furan rings is 1. The molecule has 0 unspecified atom stereocenters. The van der Waals surface area contributed by atoms with E-state index in [-0.39, 0.29) is 0 Å². The molecule has 290 valence electrons. The number of benzene rings is 11. The monoisotopic (exact) mass is 789 g/mol. The number of para-hydroxylation sites is 1. The Labute approximate surface area is 360 Å². The van der Waals surface area contributed by atoms with Gasteiger partial charge >= 0.3 is 0 Å². The Bertz CT molecular complexity index is 3620. The van der Waals surface area contributed by atoms with Gasteiger partial charge in [-0.15, -0.1) is 0 Å². The maximum atomic E-state index is 6.60. The minimum atomic E-state index is 0.881. The Morgan fingerprint density at radius 3 is 1.40 bits per heavy atom. The van der Waals surface area contributed by atoms with E-state index in [2.05, 4.69) is 235 Å². The van der Waals surface area contributed by atoms with Crippen molar-refractivity contribution in [3.05, 3.63) is 237 Å². The summed E-state index contributed by atoms with van der Waals surface area (Å²) in [7, 11) is 0. The first kappa shape index (κ1) is 35.7. The molecular weight excluding hydrogens is 751 g/mol. The number of hydrogen-bond donors (Lipinski definition) is 0. The van der Waals surface area contributed by atoms with E-state index in [0.717, 1.165) is 61.6 Å². The Hall–Kier alpha value is -8.20. The van der Waals surface area contributed by atoms with E-state index in [0.29, 0.717) is 0 Å². The fourth-order valence-corrected chi connectivity index (χ4v) is 9.37. The molecule has 1 aromatic heterocycles. The number of hydrogen-bond acceptors (Lipinski definition) is 2. The molecule has 1 heterocycles. The molecule has 62 heavy (non-hydrogen) atoms.